The molecule has 2 aromatic carbocycles. The Morgan fingerprint density at radius 2 is 1.54 bits per heavy atom. The third kappa shape index (κ3) is 3.99. The van der Waals surface area contributed by atoms with Gasteiger partial charge in [-0.2, -0.15) is 0 Å². The van der Waals surface area contributed by atoms with E-state index in [1.54, 1.807) is 19.1 Å². The second-order valence-electron chi connectivity index (χ2n) is 6.26. The molecule has 1 fully saturated rings. The number of carbonyl (C=O) groups is 1. The highest BCUT2D eigenvalue weighted by molar-refractivity contribution is 5.94. The third-order valence-corrected chi connectivity index (χ3v) is 4.64. The van der Waals surface area contributed by atoms with Crippen LogP contribution in [0.5, 0.6) is 0 Å². The monoisotopic (exact) mass is 363 g/mol. The third-order valence-electron chi connectivity index (χ3n) is 4.64. The molecule has 1 aliphatic rings. The number of halogens is 3. The molecule has 0 aliphatic carbocycles. The summed E-state index contributed by atoms with van der Waals surface area (Å²) < 4.78 is 40.4. The number of nitrogens with one attached hydrogen (secondary N) is 1. The number of rotatable bonds is 4. The van der Waals surface area contributed by atoms with Crippen molar-refractivity contribution < 1.29 is 18.0 Å². The number of nitrogens with zero attached hydrogens (tertiary/aromatic N) is 2. The van der Waals surface area contributed by atoms with Crippen molar-refractivity contribution in [3.63, 3.8) is 0 Å². The minimum atomic E-state index is -0.799. The van der Waals surface area contributed by atoms with E-state index in [-0.39, 0.29) is 5.82 Å². The number of carbonyl (C=O) groups excluding carboxylic acids is 1. The van der Waals surface area contributed by atoms with Crippen molar-refractivity contribution in [2.45, 2.75) is 13.0 Å². The molecule has 7 heteroatoms. The van der Waals surface area contributed by atoms with Gasteiger partial charge in [-0.15, -0.1) is 0 Å². The van der Waals surface area contributed by atoms with Crippen LogP contribution in [0.25, 0.3) is 0 Å². The second kappa shape index (κ2) is 7.78. The van der Waals surface area contributed by atoms with Crippen molar-refractivity contribution in [3.05, 3.63) is 59.9 Å². The summed E-state index contributed by atoms with van der Waals surface area (Å²) >= 11 is 0. The fourth-order valence-electron chi connectivity index (χ4n) is 3.03. The molecule has 0 unspecified atom stereocenters. The summed E-state index contributed by atoms with van der Waals surface area (Å²) in [7, 11) is 0. The van der Waals surface area contributed by atoms with Crippen molar-refractivity contribution in [1.82, 2.24) is 4.90 Å². The summed E-state index contributed by atoms with van der Waals surface area (Å²) in [5.74, 6) is -2.33. The van der Waals surface area contributed by atoms with Crippen LogP contribution in [0.4, 0.5) is 24.5 Å². The Balaban J connectivity index is 1.58. The van der Waals surface area contributed by atoms with Gasteiger partial charge in [-0.3, -0.25) is 9.69 Å². The van der Waals surface area contributed by atoms with Gasteiger partial charge < -0.3 is 10.2 Å². The summed E-state index contributed by atoms with van der Waals surface area (Å²) in [6.45, 7) is 4.30. The molecule has 138 valence electrons. The van der Waals surface area contributed by atoms with E-state index in [0.29, 0.717) is 26.2 Å². The zero-order valence-corrected chi connectivity index (χ0v) is 14.4. The van der Waals surface area contributed by atoms with Gasteiger partial charge in [0.1, 0.15) is 23.1 Å². The Bertz CT molecular complexity index is 754. The lowest BCUT2D eigenvalue weighted by atomic mass is 10.2. The van der Waals surface area contributed by atoms with Gasteiger partial charge in [0.25, 0.3) is 0 Å². The Morgan fingerprint density at radius 3 is 2.12 bits per heavy atom. The summed E-state index contributed by atoms with van der Waals surface area (Å²) in [5, 5.41) is 2.34. The molecular formula is C19H20F3N3O. The molecule has 2 aromatic rings. The van der Waals surface area contributed by atoms with Crippen LogP contribution in [-0.2, 0) is 4.79 Å². The molecular weight excluding hydrogens is 343 g/mol. The summed E-state index contributed by atoms with van der Waals surface area (Å²) in [4.78, 5) is 16.4. The first kappa shape index (κ1) is 18.3. The van der Waals surface area contributed by atoms with Crippen LogP contribution >= 0.6 is 0 Å². The minimum absolute atomic E-state index is 0.280. The van der Waals surface area contributed by atoms with Crippen LogP contribution in [0.2, 0.25) is 0 Å². The molecule has 0 radical (unpaired) electrons. The average Bonchev–Trinajstić information content (AvgIpc) is 2.65. The van der Waals surface area contributed by atoms with E-state index < -0.39 is 29.3 Å². The van der Waals surface area contributed by atoms with Gasteiger partial charge in [0, 0.05) is 31.9 Å². The van der Waals surface area contributed by atoms with Gasteiger partial charge in [-0.25, -0.2) is 13.2 Å². The number of benzene rings is 2. The summed E-state index contributed by atoms with van der Waals surface area (Å²) in [6, 6.07) is 9.21. The predicted molar refractivity (Wildman–Crippen MR) is 94.6 cm³/mol. The van der Waals surface area contributed by atoms with Crippen molar-refractivity contribution in [2.75, 3.05) is 36.4 Å². The molecule has 4 nitrogen and oxygen atoms in total. The fourth-order valence-corrected chi connectivity index (χ4v) is 3.03. The summed E-state index contributed by atoms with van der Waals surface area (Å²) in [6.07, 6.45) is 0. The molecule has 26 heavy (non-hydrogen) atoms. The zero-order valence-electron chi connectivity index (χ0n) is 14.4. The summed E-state index contributed by atoms with van der Waals surface area (Å²) in [5.41, 5.74) is 0.505. The largest absolute Gasteiger partial charge is 0.369 e. The number of piperazine rings is 1. The molecule has 1 amide bonds. The van der Waals surface area contributed by atoms with E-state index >= 15 is 0 Å². The lowest BCUT2D eigenvalue weighted by molar-refractivity contribution is -0.120. The van der Waals surface area contributed by atoms with E-state index in [1.807, 2.05) is 4.90 Å². The number of para-hydroxylation sites is 1. The van der Waals surface area contributed by atoms with E-state index in [1.165, 1.54) is 18.2 Å². The maximum absolute atomic E-state index is 13.7. The minimum Gasteiger partial charge on any atom is -0.369 e. The van der Waals surface area contributed by atoms with Crippen LogP contribution in [0.1, 0.15) is 6.92 Å². The second-order valence-corrected chi connectivity index (χ2v) is 6.26. The van der Waals surface area contributed by atoms with Gasteiger partial charge in [-0.1, -0.05) is 6.07 Å². The van der Waals surface area contributed by atoms with Crippen LogP contribution < -0.4 is 10.2 Å². The number of hydrogen-bond acceptors (Lipinski definition) is 3. The normalized spacial score (nSPS) is 16.4. The first-order chi connectivity index (χ1) is 12.5. The number of anilines is 2. The SMILES string of the molecule is C[C@@H](C(=O)Nc1c(F)cccc1F)N1CCN(c2ccc(F)cc2)CC1. The van der Waals surface area contributed by atoms with E-state index in [2.05, 4.69) is 10.2 Å². The molecule has 0 saturated carbocycles. The lowest BCUT2D eigenvalue weighted by Gasteiger charge is -2.38. The highest BCUT2D eigenvalue weighted by Gasteiger charge is 2.26. The van der Waals surface area contributed by atoms with Crippen molar-refractivity contribution in [2.24, 2.45) is 0 Å². The highest BCUT2D eigenvalue weighted by Crippen LogP contribution is 2.20. The number of amides is 1. The van der Waals surface area contributed by atoms with E-state index in [4.69, 9.17) is 0 Å². The Morgan fingerprint density at radius 1 is 0.962 bits per heavy atom. The molecule has 0 bridgehead atoms. The molecule has 3 rings (SSSR count). The van der Waals surface area contributed by atoms with E-state index in [0.717, 1.165) is 17.8 Å². The molecule has 1 heterocycles. The lowest BCUT2D eigenvalue weighted by Crippen LogP contribution is -2.52. The molecule has 0 aromatic heterocycles. The molecule has 0 spiro atoms. The number of hydrogen-bond donors (Lipinski definition) is 1. The smallest absolute Gasteiger partial charge is 0.241 e. The predicted octanol–water partition coefficient (Wildman–Crippen LogP) is 3.25. The Kier molecular flexibility index (Phi) is 5.46. The van der Waals surface area contributed by atoms with Gasteiger partial charge in [0.2, 0.25) is 5.91 Å². The van der Waals surface area contributed by atoms with E-state index in [9.17, 15) is 18.0 Å². The first-order valence-corrected chi connectivity index (χ1v) is 8.45. The van der Waals surface area contributed by atoms with Gasteiger partial charge in [0.05, 0.1) is 6.04 Å². The molecule has 1 aliphatic heterocycles. The van der Waals surface area contributed by atoms with Gasteiger partial charge >= 0.3 is 0 Å². The van der Waals surface area contributed by atoms with Crippen LogP contribution in [0.3, 0.4) is 0 Å². The van der Waals surface area contributed by atoms with Crippen LogP contribution in [-0.4, -0.2) is 43.0 Å². The maximum Gasteiger partial charge on any atom is 0.241 e. The molecule has 1 N–H and O–H groups in total. The fraction of sp³-hybridized carbons (Fsp3) is 0.316. The Hall–Kier alpha value is -2.54. The van der Waals surface area contributed by atoms with Crippen LogP contribution in [0, 0.1) is 17.5 Å². The molecule has 1 atom stereocenters. The standard InChI is InChI=1S/C19H20F3N3O/c1-13(19(26)23-18-16(21)3-2-4-17(18)22)24-9-11-25(12-10-24)15-7-5-14(20)6-8-15/h2-8,13H,9-12H2,1H3,(H,23,26)/t13-/m0/s1. The van der Waals surface area contributed by atoms with Crippen molar-refractivity contribution in [3.8, 4) is 0 Å². The topological polar surface area (TPSA) is 35.6 Å². The molecule has 1 saturated heterocycles. The quantitative estimate of drug-likeness (QED) is 0.906. The highest BCUT2D eigenvalue weighted by atomic mass is 19.1. The zero-order chi connectivity index (χ0) is 18.7. The van der Waals surface area contributed by atoms with Crippen molar-refractivity contribution >= 4 is 17.3 Å². The average molecular weight is 363 g/mol. The van der Waals surface area contributed by atoms with Gasteiger partial charge in [0.15, 0.2) is 0 Å². The van der Waals surface area contributed by atoms with Crippen molar-refractivity contribution in [1.29, 1.82) is 0 Å². The Labute approximate surface area is 150 Å². The van der Waals surface area contributed by atoms with Gasteiger partial charge in [-0.05, 0) is 43.3 Å². The maximum atomic E-state index is 13.7. The first-order valence-electron chi connectivity index (χ1n) is 8.45. The van der Waals surface area contributed by atoms with Crippen LogP contribution in [0.15, 0.2) is 42.5 Å².